The molecular formula is C11H19N3O2. The van der Waals surface area contributed by atoms with E-state index in [1.165, 1.54) is 0 Å². The Kier molecular flexibility index (Phi) is 4.33. The lowest BCUT2D eigenvalue weighted by molar-refractivity contribution is 0.185. The first kappa shape index (κ1) is 11.6. The Hall–Kier alpha value is -0.910. The molecule has 0 aromatic carbocycles. The molecular weight excluding hydrogens is 206 g/mol. The second kappa shape index (κ2) is 5.98. The SMILES string of the molecule is OCCn1cc(CNCC2CCOC2)cn1. The van der Waals surface area contributed by atoms with Crippen molar-refractivity contribution in [1.82, 2.24) is 15.1 Å². The number of ether oxygens (including phenoxy) is 1. The fourth-order valence-electron chi connectivity index (χ4n) is 1.89. The molecule has 0 aliphatic carbocycles. The highest BCUT2D eigenvalue weighted by Crippen LogP contribution is 2.10. The van der Waals surface area contributed by atoms with Crippen LogP contribution in [-0.2, 0) is 17.8 Å². The van der Waals surface area contributed by atoms with Crippen molar-refractivity contribution in [3.8, 4) is 0 Å². The predicted octanol–water partition coefficient (Wildman–Crippen LogP) is 0.00150. The van der Waals surface area contributed by atoms with Crippen LogP contribution >= 0.6 is 0 Å². The van der Waals surface area contributed by atoms with Crippen molar-refractivity contribution in [2.75, 3.05) is 26.4 Å². The van der Waals surface area contributed by atoms with Crippen molar-refractivity contribution in [2.24, 2.45) is 5.92 Å². The fourth-order valence-corrected chi connectivity index (χ4v) is 1.89. The van der Waals surface area contributed by atoms with Crippen molar-refractivity contribution >= 4 is 0 Å². The maximum atomic E-state index is 8.76. The summed E-state index contributed by atoms with van der Waals surface area (Å²) in [5, 5.41) is 16.3. The van der Waals surface area contributed by atoms with Crippen molar-refractivity contribution in [3.63, 3.8) is 0 Å². The van der Waals surface area contributed by atoms with Gasteiger partial charge in [0, 0.05) is 31.5 Å². The molecule has 0 radical (unpaired) electrons. The third-order valence-electron chi connectivity index (χ3n) is 2.80. The summed E-state index contributed by atoms with van der Waals surface area (Å²) in [4.78, 5) is 0. The Balaban J connectivity index is 1.67. The number of nitrogens with zero attached hydrogens (tertiary/aromatic N) is 2. The van der Waals surface area contributed by atoms with Crippen LogP contribution in [0.3, 0.4) is 0 Å². The van der Waals surface area contributed by atoms with Gasteiger partial charge in [0.25, 0.3) is 0 Å². The van der Waals surface area contributed by atoms with Crippen LogP contribution in [0.25, 0.3) is 0 Å². The largest absolute Gasteiger partial charge is 0.394 e. The molecule has 90 valence electrons. The molecule has 1 unspecified atom stereocenters. The van der Waals surface area contributed by atoms with Gasteiger partial charge in [0.1, 0.15) is 0 Å². The van der Waals surface area contributed by atoms with Crippen LogP contribution in [0.1, 0.15) is 12.0 Å². The van der Waals surface area contributed by atoms with Crippen LogP contribution in [0.2, 0.25) is 0 Å². The quantitative estimate of drug-likeness (QED) is 0.715. The van der Waals surface area contributed by atoms with Crippen molar-refractivity contribution in [1.29, 1.82) is 0 Å². The lowest BCUT2D eigenvalue weighted by Gasteiger charge is -2.07. The summed E-state index contributed by atoms with van der Waals surface area (Å²) in [6, 6.07) is 0. The van der Waals surface area contributed by atoms with Gasteiger partial charge in [-0.15, -0.1) is 0 Å². The second-order valence-electron chi connectivity index (χ2n) is 4.20. The zero-order valence-electron chi connectivity index (χ0n) is 9.43. The van der Waals surface area contributed by atoms with E-state index in [9.17, 15) is 0 Å². The second-order valence-corrected chi connectivity index (χ2v) is 4.20. The van der Waals surface area contributed by atoms with Gasteiger partial charge >= 0.3 is 0 Å². The van der Waals surface area contributed by atoms with Gasteiger partial charge in [-0.2, -0.15) is 5.10 Å². The molecule has 1 atom stereocenters. The van der Waals surface area contributed by atoms with E-state index in [4.69, 9.17) is 9.84 Å². The Morgan fingerprint density at radius 3 is 3.31 bits per heavy atom. The maximum Gasteiger partial charge on any atom is 0.0640 e. The van der Waals surface area contributed by atoms with E-state index in [1.54, 1.807) is 4.68 Å². The number of hydrogen-bond acceptors (Lipinski definition) is 4. The Morgan fingerprint density at radius 2 is 2.56 bits per heavy atom. The Bertz CT molecular complexity index is 308. The lowest BCUT2D eigenvalue weighted by Crippen LogP contribution is -2.22. The normalized spacial score (nSPS) is 20.4. The molecule has 1 fully saturated rings. The molecule has 5 nitrogen and oxygen atoms in total. The maximum absolute atomic E-state index is 8.76. The van der Waals surface area contributed by atoms with Crippen LogP contribution in [0, 0.1) is 5.92 Å². The van der Waals surface area contributed by atoms with Gasteiger partial charge in [0.2, 0.25) is 0 Å². The standard InChI is InChI=1S/C11H19N3O2/c15-3-2-14-8-11(7-13-14)6-12-5-10-1-4-16-9-10/h7-8,10,12,15H,1-6,9H2. The number of rotatable bonds is 6. The third kappa shape index (κ3) is 3.30. The summed E-state index contributed by atoms with van der Waals surface area (Å²) < 4.78 is 7.07. The summed E-state index contributed by atoms with van der Waals surface area (Å²) >= 11 is 0. The lowest BCUT2D eigenvalue weighted by atomic mass is 10.1. The van der Waals surface area contributed by atoms with Crippen molar-refractivity contribution < 1.29 is 9.84 Å². The molecule has 1 saturated heterocycles. The molecule has 0 spiro atoms. The topological polar surface area (TPSA) is 59.3 Å². The molecule has 1 aliphatic rings. The number of hydrogen-bond donors (Lipinski definition) is 2. The molecule has 0 bridgehead atoms. The van der Waals surface area contributed by atoms with Crippen LogP contribution in [-0.4, -0.2) is 41.3 Å². The van der Waals surface area contributed by atoms with Crippen molar-refractivity contribution in [3.05, 3.63) is 18.0 Å². The summed E-state index contributed by atoms with van der Waals surface area (Å²) in [5.74, 6) is 0.660. The minimum absolute atomic E-state index is 0.133. The highest BCUT2D eigenvalue weighted by molar-refractivity contribution is 5.03. The zero-order valence-corrected chi connectivity index (χ0v) is 9.43. The number of aliphatic hydroxyl groups excluding tert-OH is 1. The first-order chi connectivity index (χ1) is 7.88. The van der Waals surface area contributed by atoms with E-state index in [2.05, 4.69) is 10.4 Å². The van der Waals surface area contributed by atoms with Gasteiger partial charge < -0.3 is 15.2 Å². The van der Waals surface area contributed by atoms with Gasteiger partial charge in [-0.25, -0.2) is 0 Å². The van der Waals surface area contributed by atoms with Gasteiger partial charge in [0.05, 0.1) is 26.0 Å². The van der Waals surface area contributed by atoms with E-state index in [0.29, 0.717) is 12.5 Å². The molecule has 1 aromatic heterocycles. The van der Waals surface area contributed by atoms with Crippen molar-refractivity contribution in [2.45, 2.75) is 19.5 Å². The van der Waals surface area contributed by atoms with Gasteiger partial charge in [-0.3, -0.25) is 4.68 Å². The van der Waals surface area contributed by atoms with Gasteiger partial charge in [-0.1, -0.05) is 0 Å². The average Bonchev–Trinajstić information content (AvgIpc) is 2.90. The average molecular weight is 225 g/mol. The van der Waals surface area contributed by atoms with E-state index >= 15 is 0 Å². The van der Waals surface area contributed by atoms with Crippen LogP contribution < -0.4 is 5.32 Å². The molecule has 2 N–H and O–H groups in total. The Labute approximate surface area is 95.4 Å². The monoisotopic (exact) mass is 225 g/mol. The summed E-state index contributed by atoms with van der Waals surface area (Å²) in [6.45, 7) is 4.33. The molecule has 0 amide bonds. The molecule has 16 heavy (non-hydrogen) atoms. The van der Waals surface area contributed by atoms with E-state index in [1.807, 2.05) is 12.4 Å². The molecule has 0 saturated carbocycles. The first-order valence-corrected chi connectivity index (χ1v) is 5.79. The van der Waals surface area contributed by atoms with E-state index in [-0.39, 0.29) is 6.61 Å². The minimum atomic E-state index is 0.133. The first-order valence-electron chi connectivity index (χ1n) is 5.79. The minimum Gasteiger partial charge on any atom is -0.394 e. The Morgan fingerprint density at radius 1 is 1.62 bits per heavy atom. The van der Waals surface area contributed by atoms with Crippen LogP contribution in [0.15, 0.2) is 12.4 Å². The van der Waals surface area contributed by atoms with E-state index < -0.39 is 0 Å². The summed E-state index contributed by atoms with van der Waals surface area (Å²) in [7, 11) is 0. The molecule has 1 aromatic rings. The fraction of sp³-hybridized carbons (Fsp3) is 0.727. The smallest absolute Gasteiger partial charge is 0.0640 e. The highest BCUT2D eigenvalue weighted by Gasteiger charge is 2.14. The summed E-state index contributed by atoms with van der Waals surface area (Å²) in [5.41, 5.74) is 1.16. The molecule has 2 rings (SSSR count). The van der Waals surface area contributed by atoms with E-state index in [0.717, 1.165) is 38.3 Å². The van der Waals surface area contributed by atoms with Gasteiger partial charge in [-0.05, 0) is 12.3 Å². The highest BCUT2D eigenvalue weighted by atomic mass is 16.5. The molecule has 2 heterocycles. The third-order valence-corrected chi connectivity index (χ3v) is 2.80. The zero-order chi connectivity index (χ0) is 11.2. The number of aromatic nitrogens is 2. The molecule has 1 aliphatic heterocycles. The summed E-state index contributed by atoms with van der Waals surface area (Å²) in [6.07, 6.45) is 4.97. The predicted molar refractivity (Wildman–Crippen MR) is 59.9 cm³/mol. The van der Waals surface area contributed by atoms with Gasteiger partial charge in [0.15, 0.2) is 0 Å². The number of aliphatic hydroxyl groups is 1. The van der Waals surface area contributed by atoms with Crippen LogP contribution in [0.5, 0.6) is 0 Å². The molecule has 5 heteroatoms. The van der Waals surface area contributed by atoms with Crippen LogP contribution in [0.4, 0.5) is 0 Å². The number of nitrogens with one attached hydrogen (secondary N) is 1.